The van der Waals surface area contributed by atoms with Crippen LogP contribution in [0.5, 0.6) is 0 Å². The quantitative estimate of drug-likeness (QED) is 0.0211. The fourth-order valence-corrected chi connectivity index (χ4v) is 9.56. The summed E-state index contributed by atoms with van der Waals surface area (Å²) in [6, 6.07) is 0. The smallest absolute Gasteiger partial charge is 0.462 e. The summed E-state index contributed by atoms with van der Waals surface area (Å²) in [6.07, 6.45) is 62.5. The summed E-state index contributed by atoms with van der Waals surface area (Å²) >= 11 is 0. The van der Waals surface area contributed by atoms with Gasteiger partial charge in [-0.15, -0.1) is 0 Å². The molecule has 10 heteroatoms. The van der Waals surface area contributed by atoms with Crippen LogP contribution in [0.2, 0.25) is 0 Å². The van der Waals surface area contributed by atoms with E-state index in [9.17, 15) is 19.0 Å². The maximum absolute atomic E-state index is 12.8. The number of phosphoric ester groups is 1. The first-order chi connectivity index (χ1) is 34.0. The number of quaternary nitrogens is 1. The van der Waals surface area contributed by atoms with E-state index in [-0.39, 0.29) is 25.6 Å². The molecular weight excluding hydrogens is 894 g/mol. The predicted molar refractivity (Wildman–Crippen MR) is 298 cm³/mol. The van der Waals surface area contributed by atoms with E-state index in [1.54, 1.807) is 0 Å². The molecule has 1 N–H and O–H groups in total. The Morgan fingerprint density at radius 1 is 0.443 bits per heavy atom. The van der Waals surface area contributed by atoms with E-state index < -0.39 is 26.5 Å². The third-order valence-electron chi connectivity index (χ3n) is 13.5. The van der Waals surface area contributed by atoms with Crippen molar-refractivity contribution in [1.82, 2.24) is 0 Å². The highest BCUT2D eigenvalue weighted by molar-refractivity contribution is 7.47. The van der Waals surface area contributed by atoms with Crippen molar-refractivity contribution in [3.05, 3.63) is 24.3 Å². The van der Waals surface area contributed by atoms with Gasteiger partial charge in [-0.05, 0) is 44.9 Å². The van der Waals surface area contributed by atoms with Crippen molar-refractivity contribution in [2.75, 3.05) is 47.5 Å². The minimum atomic E-state index is -4.38. The van der Waals surface area contributed by atoms with Gasteiger partial charge in [-0.1, -0.05) is 263 Å². The number of carbonyl (C=O) groups excluding carboxylic acids is 2. The Hall–Kier alpha value is -1.51. The summed E-state index contributed by atoms with van der Waals surface area (Å²) in [7, 11) is 1.49. The predicted octanol–water partition coefficient (Wildman–Crippen LogP) is 18.6. The minimum Gasteiger partial charge on any atom is -0.462 e. The minimum absolute atomic E-state index is 0.0333. The second-order valence-electron chi connectivity index (χ2n) is 21.7. The zero-order chi connectivity index (χ0) is 51.3. The highest BCUT2D eigenvalue weighted by Gasteiger charge is 2.27. The Balaban J connectivity index is 4.07. The maximum Gasteiger partial charge on any atom is 0.472 e. The number of nitrogens with zero attached hydrogens (tertiary/aromatic N) is 1. The summed E-state index contributed by atoms with van der Waals surface area (Å²) in [5, 5.41) is 0. The summed E-state index contributed by atoms with van der Waals surface area (Å²) < 4.78 is 34.6. The van der Waals surface area contributed by atoms with Gasteiger partial charge in [0, 0.05) is 12.8 Å². The molecule has 0 heterocycles. The number of ether oxygens (including phenoxy) is 2. The SMILES string of the molecule is CCCCC/C=C\C/C=C\CCCCCCCCCCCC(=O)OC(COC(=O)CCCCCCCCCCCCCCCCCCCCCCCCCCCCC)COP(=O)(O)OCC[N+](C)(C)C. The number of carbonyl (C=O) groups is 2. The molecule has 0 saturated carbocycles. The highest BCUT2D eigenvalue weighted by atomic mass is 31.2. The molecule has 0 aromatic heterocycles. The van der Waals surface area contributed by atoms with E-state index >= 15 is 0 Å². The second kappa shape index (κ2) is 52.4. The van der Waals surface area contributed by atoms with Crippen LogP contribution in [0.15, 0.2) is 24.3 Å². The Bertz CT molecular complexity index is 1240. The van der Waals surface area contributed by atoms with Gasteiger partial charge in [0.15, 0.2) is 6.10 Å². The maximum atomic E-state index is 12.8. The summed E-state index contributed by atoms with van der Waals surface area (Å²) in [6.45, 7) is 4.46. The lowest BCUT2D eigenvalue weighted by Gasteiger charge is -2.24. The molecule has 2 unspecified atom stereocenters. The standard InChI is InChI=1S/C60H116NO8P/c1-6-8-10-12-14-16-18-20-22-24-26-27-28-29-30-31-32-33-35-36-38-40-42-44-46-48-50-52-59(62)66-56-58(57-68-70(64,65)67-55-54-61(3,4)5)69-60(63)53-51-49-47-45-43-41-39-37-34-25-23-21-19-17-15-13-11-9-7-2/h15,17,21,23,58H,6-14,16,18-20,22,24-57H2,1-5H3/p+1/b17-15-,23-21-. The van der Waals surface area contributed by atoms with Crippen molar-refractivity contribution in [3.8, 4) is 0 Å². The molecule has 0 bridgehead atoms. The molecule has 9 nitrogen and oxygen atoms in total. The molecule has 0 fully saturated rings. The molecular formula is C60H117NO8P+. The number of allylic oxidation sites excluding steroid dienone is 4. The molecule has 70 heavy (non-hydrogen) atoms. The Morgan fingerprint density at radius 2 is 0.771 bits per heavy atom. The van der Waals surface area contributed by atoms with Gasteiger partial charge in [-0.2, -0.15) is 0 Å². The van der Waals surface area contributed by atoms with Crippen LogP contribution in [0.3, 0.4) is 0 Å². The summed E-state index contributed by atoms with van der Waals surface area (Å²) in [5.74, 6) is -0.786. The zero-order valence-corrected chi connectivity index (χ0v) is 47.9. The molecule has 0 saturated heterocycles. The number of likely N-dealkylation sites (N-methyl/N-ethyl adjacent to an activating group) is 1. The molecule has 0 spiro atoms. The van der Waals surface area contributed by atoms with Crippen molar-refractivity contribution in [3.63, 3.8) is 0 Å². The molecule has 0 aromatic rings. The molecule has 2 atom stereocenters. The topological polar surface area (TPSA) is 108 Å². The van der Waals surface area contributed by atoms with Gasteiger partial charge < -0.3 is 18.9 Å². The van der Waals surface area contributed by atoms with Crippen molar-refractivity contribution in [2.24, 2.45) is 0 Å². The molecule has 0 aliphatic carbocycles. The van der Waals surface area contributed by atoms with Crippen LogP contribution >= 0.6 is 7.82 Å². The van der Waals surface area contributed by atoms with E-state index in [2.05, 4.69) is 38.2 Å². The average Bonchev–Trinajstić information content (AvgIpc) is 3.32. The number of hydrogen-bond donors (Lipinski definition) is 1. The first-order valence-electron chi connectivity index (χ1n) is 30.1. The zero-order valence-electron chi connectivity index (χ0n) is 47.0. The molecule has 0 aromatic carbocycles. The molecule has 0 aliphatic heterocycles. The van der Waals surface area contributed by atoms with Gasteiger partial charge in [-0.25, -0.2) is 4.57 Å². The largest absolute Gasteiger partial charge is 0.472 e. The lowest BCUT2D eigenvalue weighted by Crippen LogP contribution is -2.37. The third-order valence-corrected chi connectivity index (χ3v) is 14.5. The van der Waals surface area contributed by atoms with E-state index in [4.69, 9.17) is 18.5 Å². The van der Waals surface area contributed by atoms with Crippen molar-refractivity contribution < 1.29 is 42.1 Å². The first-order valence-corrected chi connectivity index (χ1v) is 31.6. The fourth-order valence-electron chi connectivity index (χ4n) is 8.81. The van der Waals surface area contributed by atoms with Gasteiger partial charge in [0.1, 0.15) is 19.8 Å². The second-order valence-corrected chi connectivity index (χ2v) is 23.2. The van der Waals surface area contributed by atoms with E-state index in [1.807, 2.05) is 21.1 Å². The highest BCUT2D eigenvalue weighted by Crippen LogP contribution is 2.43. The van der Waals surface area contributed by atoms with Gasteiger partial charge in [-0.3, -0.25) is 18.6 Å². The summed E-state index contributed by atoms with van der Waals surface area (Å²) in [5.41, 5.74) is 0. The number of unbranched alkanes of at least 4 members (excludes halogenated alkanes) is 38. The van der Waals surface area contributed by atoms with Gasteiger partial charge in [0.2, 0.25) is 0 Å². The van der Waals surface area contributed by atoms with E-state index in [0.717, 1.165) is 44.9 Å². The monoisotopic (exact) mass is 1010 g/mol. The van der Waals surface area contributed by atoms with Crippen LogP contribution in [0.4, 0.5) is 0 Å². The molecule has 0 amide bonds. The Morgan fingerprint density at radius 3 is 1.16 bits per heavy atom. The average molecular weight is 1010 g/mol. The van der Waals surface area contributed by atoms with Crippen molar-refractivity contribution in [1.29, 1.82) is 0 Å². The number of esters is 2. The Labute approximate surface area is 434 Å². The van der Waals surface area contributed by atoms with E-state index in [1.165, 1.54) is 218 Å². The third kappa shape index (κ3) is 55.8. The molecule has 414 valence electrons. The lowest BCUT2D eigenvalue weighted by molar-refractivity contribution is -0.870. The summed E-state index contributed by atoms with van der Waals surface area (Å²) in [4.78, 5) is 35.7. The van der Waals surface area contributed by atoms with E-state index in [0.29, 0.717) is 23.9 Å². The molecule has 0 aliphatic rings. The van der Waals surface area contributed by atoms with Crippen LogP contribution in [0, 0.1) is 0 Å². The number of phosphoric acid groups is 1. The first kappa shape index (κ1) is 68.5. The van der Waals surface area contributed by atoms with Crippen LogP contribution in [0.25, 0.3) is 0 Å². The van der Waals surface area contributed by atoms with Gasteiger partial charge in [0.25, 0.3) is 0 Å². The molecule has 0 radical (unpaired) electrons. The Kier molecular flexibility index (Phi) is 51.2. The van der Waals surface area contributed by atoms with Crippen LogP contribution in [0.1, 0.15) is 296 Å². The number of rotatable bonds is 56. The van der Waals surface area contributed by atoms with Crippen molar-refractivity contribution >= 4 is 19.8 Å². The van der Waals surface area contributed by atoms with Gasteiger partial charge in [0.05, 0.1) is 27.7 Å². The van der Waals surface area contributed by atoms with Crippen molar-refractivity contribution in [2.45, 2.75) is 302 Å². The van der Waals surface area contributed by atoms with Crippen LogP contribution in [-0.4, -0.2) is 74.9 Å². The fraction of sp³-hybridized carbons (Fsp3) is 0.900. The molecule has 0 rings (SSSR count). The number of hydrogen-bond acceptors (Lipinski definition) is 7. The van der Waals surface area contributed by atoms with Crippen LogP contribution < -0.4 is 0 Å². The lowest BCUT2D eigenvalue weighted by atomic mass is 10.0. The van der Waals surface area contributed by atoms with Gasteiger partial charge >= 0.3 is 19.8 Å². The normalized spacial score (nSPS) is 13.4. The van der Waals surface area contributed by atoms with Crippen LogP contribution in [-0.2, 0) is 32.7 Å².